The van der Waals surface area contributed by atoms with Crippen LogP contribution in [0.3, 0.4) is 0 Å². The maximum atomic E-state index is 14.9. The summed E-state index contributed by atoms with van der Waals surface area (Å²) in [5.41, 5.74) is 5.86. The van der Waals surface area contributed by atoms with Gasteiger partial charge in [-0.2, -0.15) is 0 Å². The van der Waals surface area contributed by atoms with Gasteiger partial charge in [0.25, 0.3) is 5.91 Å². The fourth-order valence-corrected chi connectivity index (χ4v) is 7.32. The second-order valence-corrected chi connectivity index (χ2v) is 11.4. The van der Waals surface area contributed by atoms with E-state index in [2.05, 4.69) is 67.5 Å². The Balaban J connectivity index is 1.41. The molecule has 3 nitrogen and oxygen atoms in total. The number of fused-ring (bicyclic) bond motifs is 3. The molecule has 1 aliphatic heterocycles. The number of rotatable bonds is 4. The zero-order valence-electron chi connectivity index (χ0n) is 22.1. The molecule has 0 saturated heterocycles. The number of amides is 1. The lowest BCUT2D eigenvalue weighted by molar-refractivity contribution is 0.00868. The molecule has 0 bridgehead atoms. The molecule has 3 aromatic rings. The first-order valence-corrected chi connectivity index (χ1v) is 13.6. The summed E-state index contributed by atoms with van der Waals surface area (Å²) in [5.74, 6) is -1.65. The second kappa shape index (κ2) is 9.46. The fourth-order valence-electron chi connectivity index (χ4n) is 7.32. The molecule has 6 rings (SSSR count). The predicted molar refractivity (Wildman–Crippen MR) is 147 cm³/mol. The van der Waals surface area contributed by atoms with Gasteiger partial charge in [-0.3, -0.25) is 4.79 Å². The summed E-state index contributed by atoms with van der Waals surface area (Å²) in [6.07, 6.45) is 5.92. The Kier molecular flexibility index (Phi) is 6.22. The van der Waals surface area contributed by atoms with Gasteiger partial charge >= 0.3 is 0 Å². The number of halogens is 2. The highest BCUT2D eigenvalue weighted by atomic mass is 19.1. The van der Waals surface area contributed by atoms with Gasteiger partial charge in [0.05, 0.1) is 11.1 Å². The van der Waals surface area contributed by atoms with E-state index < -0.39 is 23.1 Å². The van der Waals surface area contributed by atoms with E-state index in [1.54, 1.807) is 0 Å². The van der Waals surface area contributed by atoms with E-state index in [4.69, 9.17) is 0 Å². The normalized spacial score (nSPS) is 24.6. The topological polar surface area (TPSA) is 23.6 Å². The first-order valence-electron chi connectivity index (χ1n) is 13.6. The zero-order valence-corrected chi connectivity index (χ0v) is 22.1. The molecule has 0 atom stereocenters. The molecule has 5 heteroatoms. The van der Waals surface area contributed by atoms with E-state index >= 15 is 0 Å². The molecule has 38 heavy (non-hydrogen) atoms. The van der Waals surface area contributed by atoms with E-state index in [9.17, 15) is 13.6 Å². The minimum Gasteiger partial charge on any atom is -0.329 e. The van der Waals surface area contributed by atoms with Crippen LogP contribution in [-0.4, -0.2) is 47.4 Å². The van der Waals surface area contributed by atoms with Crippen LogP contribution in [0.25, 0.3) is 5.57 Å². The smallest absolute Gasteiger partial charge is 0.257 e. The molecule has 3 aliphatic rings. The third kappa shape index (κ3) is 3.99. The molecule has 0 N–H and O–H groups in total. The van der Waals surface area contributed by atoms with Gasteiger partial charge in [-0.05, 0) is 105 Å². The summed E-state index contributed by atoms with van der Waals surface area (Å²) in [6, 6.07) is 22.3. The lowest BCUT2D eigenvalue weighted by atomic mass is 9.64. The van der Waals surface area contributed by atoms with E-state index in [1.807, 2.05) is 11.0 Å². The summed E-state index contributed by atoms with van der Waals surface area (Å²) >= 11 is 0. The van der Waals surface area contributed by atoms with Gasteiger partial charge in [0.2, 0.25) is 0 Å². The number of carbonyl (C=O) groups is 1. The molecule has 0 aromatic heterocycles. The lowest BCUT2D eigenvalue weighted by Gasteiger charge is -2.56. The van der Waals surface area contributed by atoms with Crippen LogP contribution in [0.15, 0.2) is 78.4 Å². The van der Waals surface area contributed by atoms with Crippen molar-refractivity contribution in [2.24, 2.45) is 0 Å². The van der Waals surface area contributed by atoms with Gasteiger partial charge < -0.3 is 9.80 Å². The van der Waals surface area contributed by atoms with Crippen molar-refractivity contribution in [2.45, 2.75) is 56.0 Å². The predicted octanol–water partition coefficient (Wildman–Crippen LogP) is 6.68. The summed E-state index contributed by atoms with van der Waals surface area (Å²) < 4.78 is 29.0. The van der Waals surface area contributed by atoms with Crippen LogP contribution in [0.5, 0.6) is 0 Å². The quantitative estimate of drug-likeness (QED) is 0.390. The van der Waals surface area contributed by atoms with Gasteiger partial charge in [-0.1, -0.05) is 54.6 Å². The Labute approximate surface area is 223 Å². The summed E-state index contributed by atoms with van der Waals surface area (Å²) in [4.78, 5) is 18.2. The van der Waals surface area contributed by atoms with Crippen LogP contribution in [0.1, 0.15) is 59.2 Å². The molecule has 3 aromatic carbocycles. The summed E-state index contributed by atoms with van der Waals surface area (Å²) in [7, 11) is 4.31. The monoisotopic (exact) mass is 512 g/mol. The molecule has 0 unspecified atom stereocenters. The molecule has 1 heterocycles. The fraction of sp³-hybridized carbons (Fsp3) is 0.364. The highest BCUT2D eigenvalue weighted by Gasteiger charge is 2.53. The lowest BCUT2D eigenvalue weighted by Crippen LogP contribution is -2.61. The summed E-state index contributed by atoms with van der Waals surface area (Å²) in [6.45, 7) is 0.510. The average Bonchev–Trinajstić information content (AvgIpc) is 3.32. The molecule has 2 aliphatic carbocycles. The maximum absolute atomic E-state index is 14.9. The van der Waals surface area contributed by atoms with Crippen LogP contribution < -0.4 is 0 Å². The van der Waals surface area contributed by atoms with Gasteiger partial charge in [-0.15, -0.1) is 0 Å². The highest BCUT2D eigenvalue weighted by Crippen LogP contribution is 2.54. The molecule has 1 saturated carbocycles. The minimum atomic E-state index is -0.663. The Morgan fingerprint density at radius 3 is 2.37 bits per heavy atom. The van der Waals surface area contributed by atoms with Crippen molar-refractivity contribution in [1.29, 1.82) is 0 Å². The van der Waals surface area contributed by atoms with Crippen molar-refractivity contribution in [3.8, 4) is 0 Å². The van der Waals surface area contributed by atoms with Crippen LogP contribution in [0.4, 0.5) is 8.78 Å². The van der Waals surface area contributed by atoms with Crippen LogP contribution in [-0.2, 0) is 12.8 Å². The van der Waals surface area contributed by atoms with Crippen molar-refractivity contribution in [3.63, 3.8) is 0 Å². The third-order valence-electron chi connectivity index (χ3n) is 9.47. The number of carbonyl (C=O) groups excluding carboxylic acids is 1. The Bertz CT molecular complexity index is 1400. The van der Waals surface area contributed by atoms with Crippen molar-refractivity contribution >= 4 is 11.5 Å². The molecular formula is C33H34F2N2O. The number of hydrogen-bond acceptors (Lipinski definition) is 2. The van der Waals surface area contributed by atoms with Crippen molar-refractivity contribution in [2.75, 3.05) is 20.6 Å². The van der Waals surface area contributed by atoms with E-state index in [0.717, 1.165) is 63.1 Å². The van der Waals surface area contributed by atoms with E-state index in [-0.39, 0.29) is 11.1 Å². The van der Waals surface area contributed by atoms with Gasteiger partial charge in [0, 0.05) is 12.1 Å². The van der Waals surface area contributed by atoms with Gasteiger partial charge in [-0.25, -0.2) is 8.78 Å². The molecular weight excluding hydrogens is 478 g/mol. The summed E-state index contributed by atoms with van der Waals surface area (Å²) in [5, 5.41) is 0. The first kappa shape index (κ1) is 25.0. The van der Waals surface area contributed by atoms with Crippen LogP contribution >= 0.6 is 0 Å². The molecule has 0 radical (unpaired) electrons. The van der Waals surface area contributed by atoms with Crippen LogP contribution in [0.2, 0.25) is 0 Å². The molecule has 1 fully saturated rings. The van der Waals surface area contributed by atoms with E-state index in [0.29, 0.717) is 6.54 Å². The van der Waals surface area contributed by atoms with Crippen molar-refractivity contribution in [1.82, 2.24) is 9.80 Å². The maximum Gasteiger partial charge on any atom is 0.257 e. The second-order valence-electron chi connectivity index (χ2n) is 11.4. The first-order chi connectivity index (χ1) is 18.3. The highest BCUT2D eigenvalue weighted by molar-refractivity contribution is 5.96. The minimum absolute atomic E-state index is 0.0327. The van der Waals surface area contributed by atoms with E-state index in [1.165, 1.54) is 27.8 Å². The molecule has 1 spiro atoms. The number of likely N-dealkylation sites (N-methyl/N-ethyl adjacent to an activating group) is 1. The van der Waals surface area contributed by atoms with Gasteiger partial charge in [0.1, 0.15) is 11.6 Å². The van der Waals surface area contributed by atoms with Crippen molar-refractivity contribution < 1.29 is 13.6 Å². The number of hydrogen-bond donors (Lipinski definition) is 0. The number of benzene rings is 3. The zero-order chi connectivity index (χ0) is 26.5. The third-order valence-corrected chi connectivity index (χ3v) is 9.47. The van der Waals surface area contributed by atoms with Crippen molar-refractivity contribution in [3.05, 3.63) is 112 Å². The molecule has 196 valence electrons. The standard InChI is InChI=1S/C33H34F2N2O/c1-36(2)32(22-23-8-4-3-5-9-23)15-17-33(18-16-32)29-20-24-10-6-7-11-26(24)27(29)14-19-37(33)31(38)28-21-25(34)12-13-30(28)35/h3-13,21H,14-20,22H2,1-2H3. The Hall–Kier alpha value is -3.31. The Morgan fingerprint density at radius 1 is 0.921 bits per heavy atom. The Morgan fingerprint density at radius 2 is 1.63 bits per heavy atom. The largest absolute Gasteiger partial charge is 0.329 e. The van der Waals surface area contributed by atoms with Crippen LogP contribution in [0, 0.1) is 11.6 Å². The molecule has 1 amide bonds. The average molecular weight is 513 g/mol. The van der Waals surface area contributed by atoms with Gasteiger partial charge in [0.15, 0.2) is 0 Å². The number of nitrogens with zero attached hydrogens (tertiary/aromatic N) is 2. The SMILES string of the molecule is CN(C)C1(Cc2ccccc2)CCC2(CC1)C1=C(CCN2C(=O)c2cc(F)ccc2F)c2ccccc2C1.